The third kappa shape index (κ3) is 7.36. The van der Waals surface area contributed by atoms with Gasteiger partial charge in [0.1, 0.15) is 11.4 Å². The minimum atomic E-state index is -1.38. The number of carbonyl (C=O) groups is 2. The molecule has 0 aromatic heterocycles. The van der Waals surface area contributed by atoms with E-state index in [2.05, 4.69) is 5.43 Å². The van der Waals surface area contributed by atoms with Crippen molar-refractivity contribution in [1.29, 1.82) is 0 Å². The summed E-state index contributed by atoms with van der Waals surface area (Å²) in [6.45, 7) is 7.46. The van der Waals surface area contributed by atoms with E-state index in [1.54, 1.807) is 12.1 Å². The lowest BCUT2D eigenvalue weighted by molar-refractivity contribution is -0.155. The van der Waals surface area contributed by atoms with Gasteiger partial charge in [-0.05, 0) is 69.9 Å². The first-order valence-corrected chi connectivity index (χ1v) is 13.6. The van der Waals surface area contributed by atoms with Crippen LogP contribution in [0.15, 0.2) is 59.6 Å². The second kappa shape index (κ2) is 12.6. The highest BCUT2D eigenvalue weighted by Crippen LogP contribution is 2.43. The number of hydrogen-bond donors (Lipinski definition) is 2. The van der Waals surface area contributed by atoms with Gasteiger partial charge in [-0.15, -0.1) is 0 Å². The van der Waals surface area contributed by atoms with Crippen LogP contribution >= 0.6 is 0 Å². The fourth-order valence-corrected chi connectivity index (χ4v) is 4.75. The molecule has 9 nitrogen and oxygen atoms in total. The van der Waals surface area contributed by atoms with Crippen LogP contribution in [0.25, 0.3) is 0 Å². The Balaban J connectivity index is 1.68. The van der Waals surface area contributed by atoms with Crippen molar-refractivity contribution in [3.63, 3.8) is 0 Å². The topological polar surface area (TPSA) is 110 Å². The molecule has 2 aromatic rings. The number of rotatable bonds is 11. The predicted molar refractivity (Wildman–Crippen MR) is 147 cm³/mol. The Morgan fingerprint density at radius 1 is 1.10 bits per heavy atom. The summed E-state index contributed by atoms with van der Waals surface area (Å²) in [7, 11) is 0. The summed E-state index contributed by atoms with van der Waals surface area (Å²) in [6.07, 6.45) is 1.94. The van der Waals surface area contributed by atoms with Crippen molar-refractivity contribution in [2.24, 2.45) is 4.99 Å². The van der Waals surface area contributed by atoms with Crippen molar-refractivity contribution >= 4 is 17.8 Å². The van der Waals surface area contributed by atoms with Crippen molar-refractivity contribution in [2.45, 2.75) is 70.1 Å². The van der Waals surface area contributed by atoms with Gasteiger partial charge in [0.05, 0.1) is 6.61 Å². The van der Waals surface area contributed by atoms with Crippen LogP contribution in [0, 0.1) is 0 Å². The zero-order valence-electron chi connectivity index (χ0n) is 23.0. The number of esters is 1. The largest absolute Gasteiger partial charge is 0.494 e. The van der Waals surface area contributed by atoms with E-state index in [1.807, 2.05) is 68.2 Å². The maximum Gasteiger partial charge on any atom is 0.306 e. The SMILES string of the molecule is CC(C)(C)OC(=O)CC[C@]1(C(=O)NN2CCCC2)N=C(c2ccc(OCCCO)cc2)O[C@H]1c1ccccc1. The van der Waals surface area contributed by atoms with Gasteiger partial charge in [0, 0.05) is 38.1 Å². The third-order valence-electron chi connectivity index (χ3n) is 6.63. The number of nitrogens with one attached hydrogen (secondary N) is 1. The van der Waals surface area contributed by atoms with E-state index in [4.69, 9.17) is 24.3 Å². The molecule has 0 saturated carbocycles. The molecule has 0 unspecified atom stereocenters. The minimum Gasteiger partial charge on any atom is -0.494 e. The molecule has 9 heteroatoms. The molecule has 0 aliphatic carbocycles. The van der Waals surface area contributed by atoms with E-state index < -0.39 is 23.2 Å². The Kier molecular flexibility index (Phi) is 9.24. The quantitative estimate of drug-likeness (QED) is 0.330. The predicted octanol–water partition coefficient (Wildman–Crippen LogP) is 3.95. The fraction of sp³-hybridized carbons (Fsp3) is 0.500. The Labute approximate surface area is 230 Å². The molecular formula is C30H39N3O6. The molecule has 1 amide bonds. The summed E-state index contributed by atoms with van der Waals surface area (Å²) in [5.41, 5.74) is 2.52. The summed E-state index contributed by atoms with van der Waals surface area (Å²) in [4.78, 5) is 31.8. The molecule has 1 fully saturated rings. The molecule has 39 heavy (non-hydrogen) atoms. The number of hydrogen-bond acceptors (Lipinski definition) is 8. The Morgan fingerprint density at radius 3 is 2.44 bits per heavy atom. The Bertz CT molecular complexity index is 1140. The van der Waals surface area contributed by atoms with Gasteiger partial charge in [-0.25, -0.2) is 10.0 Å². The Morgan fingerprint density at radius 2 is 1.79 bits per heavy atom. The van der Waals surface area contributed by atoms with Crippen LogP contribution in [0.4, 0.5) is 0 Å². The van der Waals surface area contributed by atoms with Gasteiger partial charge < -0.3 is 19.3 Å². The molecule has 0 spiro atoms. The first kappa shape index (κ1) is 28.6. The van der Waals surface area contributed by atoms with E-state index >= 15 is 0 Å². The first-order chi connectivity index (χ1) is 18.7. The molecule has 2 heterocycles. The maximum absolute atomic E-state index is 14.1. The number of ether oxygens (including phenoxy) is 3. The van der Waals surface area contributed by atoms with Crippen LogP contribution < -0.4 is 10.2 Å². The minimum absolute atomic E-state index is 0.00575. The molecule has 2 aromatic carbocycles. The number of amides is 1. The monoisotopic (exact) mass is 537 g/mol. The van der Waals surface area contributed by atoms with Crippen molar-refractivity contribution in [2.75, 3.05) is 26.3 Å². The van der Waals surface area contributed by atoms with Gasteiger partial charge in [-0.2, -0.15) is 0 Å². The van der Waals surface area contributed by atoms with Crippen LogP contribution in [0.5, 0.6) is 5.75 Å². The summed E-state index contributed by atoms with van der Waals surface area (Å²) in [5.74, 6) is 0.288. The standard InChI is InChI=1S/C30H39N3O6/c1-29(2,3)39-25(35)16-17-30(28(36)32-33-18-7-8-19-33)26(22-10-5-4-6-11-22)38-27(31-30)23-12-14-24(15-13-23)37-21-9-20-34/h4-6,10-15,26,34H,7-9,16-21H2,1-3H3,(H,32,36)/t26-,30-/m0/s1. The molecule has 2 atom stereocenters. The molecule has 0 bridgehead atoms. The molecule has 4 rings (SSSR count). The third-order valence-corrected chi connectivity index (χ3v) is 6.63. The second-order valence-corrected chi connectivity index (χ2v) is 10.9. The molecular weight excluding hydrogens is 498 g/mol. The van der Waals surface area contributed by atoms with Gasteiger partial charge in [-0.1, -0.05) is 30.3 Å². The number of aliphatic imine (C=N–C) groups is 1. The number of nitrogens with zero attached hydrogens (tertiary/aromatic N) is 2. The van der Waals surface area contributed by atoms with Gasteiger partial charge >= 0.3 is 5.97 Å². The number of benzene rings is 2. The van der Waals surface area contributed by atoms with Crippen LogP contribution in [0.2, 0.25) is 0 Å². The van der Waals surface area contributed by atoms with Crippen molar-refractivity contribution in [1.82, 2.24) is 10.4 Å². The maximum atomic E-state index is 14.1. The van der Waals surface area contributed by atoms with Gasteiger partial charge in [0.2, 0.25) is 5.90 Å². The van der Waals surface area contributed by atoms with Crippen LogP contribution in [-0.2, 0) is 19.1 Å². The molecule has 2 aliphatic heterocycles. The normalized spacial score (nSPS) is 21.2. The number of carbonyl (C=O) groups excluding carboxylic acids is 2. The summed E-state index contributed by atoms with van der Waals surface area (Å²) >= 11 is 0. The lowest BCUT2D eigenvalue weighted by Crippen LogP contribution is -2.53. The number of aliphatic hydroxyl groups is 1. The van der Waals surface area contributed by atoms with Crippen LogP contribution in [0.3, 0.4) is 0 Å². The highest BCUT2D eigenvalue weighted by molar-refractivity contribution is 6.01. The van der Waals surface area contributed by atoms with E-state index in [9.17, 15) is 9.59 Å². The fourth-order valence-electron chi connectivity index (χ4n) is 4.75. The van der Waals surface area contributed by atoms with E-state index in [0.29, 0.717) is 30.2 Å². The molecule has 210 valence electrons. The van der Waals surface area contributed by atoms with Gasteiger partial charge in [0.25, 0.3) is 5.91 Å². The second-order valence-electron chi connectivity index (χ2n) is 10.9. The van der Waals surface area contributed by atoms with E-state index in [-0.39, 0.29) is 25.4 Å². The lowest BCUT2D eigenvalue weighted by Gasteiger charge is -2.32. The van der Waals surface area contributed by atoms with E-state index in [1.165, 1.54) is 0 Å². The zero-order valence-corrected chi connectivity index (χ0v) is 23.0. The number of hydrazine groups is 1. The highest BCUT2D eigenvalue weighted by atomic mass is 16.6. The van der Waals surface area contributed by atoms with Crippen LogP contribution in [0.1, 0.15) is 70.1 Å². The lowest BCUT2D eigenvalue weighted by atomic mass is 9.83. The number of aliphatic hydroxyl groups excluding tert-OH is 1. The van der Waals surface area contributed by atoms with Gasteiger partial charge in [-0.3, -0.25) is 15.0 Å². The summed E-state index contributed by atoms with van der Waals surface area (Å²) in [6, 6.07) is 16.8. The smallest absolute Gasteiger partial charge is 0.306 e. The van der Waals surface area contributed by atoms with Crippen molar-refractivity contribution in [3.05, 3.63) is 65.7 Å². The van der Waals surface area contributed by atoms with Crippen molar-refractivity contribution < 1.29 is 28.9 Å². The van der Waals surface area contributed by atoms with Crippen molar-refractivity contribution in [3.8, 4) is 5.75 Å². The summed E-state index contributed by atoms with van der Waals surface area (Å²) < 4.78 is 17.7. The summed E-state index contributed by atoms with van der Waals surface area (Å²) in [5, 5.41) is 10.9. The average molecular weight is 538 g/mol. The van der Waals surface area contributed by atoms with Gasteiger partial charge in [0.15, 0.2) is 11.6 Å². The molecule has 2 N–H and O–H groups in total. The molecule has 2 aliphatic rings. The van der Waals surface area contributed by atoms with Crippen LogP contribution in [-0.4, -0.2) is 65.3 Å². The van der Waals surface area contributed by atoms with E-state index in [0.717, 1.165) is 31.5 Å². The molecule has 0 radical (unpaired) electrons. The molecule has 1 saturated heterocycles. The zero-order chi connectivity index (χ0) is 27.9. The first-order valence-electron chi connectivity index (χ1n) is 13.6. The Hall–Kier alpha value is -3.43. The highest BCUT2D eigenvalue weighted by Gasteiger charge is 2.53. The average Bonchev–Trinajstić information content (AvgIpc) is 3.56.